The van der Waals surface area contributed by atoms with E-state index in [-0.39, 0.29) is 0 Å². The van der Waals surface area contributed by atoms with Gasteiger partial charge in [0.25, 0.3) is 0 Å². The van der Waals surface area contributed by atoms with Gasteiger partial charge in [-0.25, -0.2) is 0 Å². The monoisotopic (exact) mass is 148 g/mol. The molecule has 4 heteroatoms. The average Bonchev–Trinajstić information content (AvgIpc) is 2.55. The van der Waals surface area contributed by atoms with Crippen LogP contribution >= 0.6 is 0 Å². The van der Waals surface area contributed by atoms with Crippen molar-refractivity contribution in [3.8, 4) is 5.82 Å². The highest BCUT2D eigenvalue weighted by Crippen LogP contribution is 2.00. The number of rotatable bonds is 1. The molecule has 0 radical (unpaired) electrons. The summed E-state index contributed by atoms with van der Waals surface area (Å²) in [6, 6.07) is 3.91. The van der Waals surface area contributed by atoms with E-state index in [1.807, 2.05) is 42.3 Å². The minimum absolute atomic E-state index is 0.845. The van der Waals surface area contributed by atoms with Crippen molar-refractivity contribution in [3.05, 3.63) is 30.7 Å². The van der Waals surface area contributed by atoms with Gasteiger partial charge in [-0.1, -0.05) is 5.21 Å². The van der Waals surface area contributed by atoms with Gasteiger partial charge < -0.3 is 4.57 Å². The Morgan fingerprint density at radius 1 is 1.27 bits per heavy atom. The zero-order valence-corrected chi connectivity index (χ0v) is 6.18. The summed E-state index contributed by atoms with van der Waals surface area (Å²) < 4.78 is 3.59. The summed E-state index contributed by atoms with van der Waals surface area (Å²) in [7, 11) is 1.85. The van der Waals surface area contributed by atoms with Gasteiger partial charge in [-0.15, -0.1) is 5.10 Å². The van der Waals surface area contributed by atoms with Gasteiger partial charge in [-0.3, -0.25) is 4.68 Å². The summed E-state index contributed by atoms with van der Waals surface area (Å²) in [5.74, 6) is 0.845. The van der Waals surface area contributed by atoms with Crippen LogP contribution in [0, 0.1) is 0 Å². The molecule has 0 unspecified atom stereocenters. The molecule has 2 heterocycles. The standard InChI is InChI=1S/C7H8N4/c1-10-6-7(8-9-10)11-4-2-3-5-11/h2-6H,1H3. The van der Waals surface area contributed by atoms with E-state index in [0.29, 0.717) is 0 Å². The predicted octanol–water partition coefficient (Wildman–Crippen LogP) is 0.606. The Labute approximate surface area is 64.1 Å². The lowest BCUT2D eigenvalue weighted by molar-refractivity contribution is 0.714. The molecule has 0 aliphatic heterocycles. The molecule has 56 valence electrons. The van der Waals surface area contributed by atoms with Crippen molar-refractivity contribution in [2.24, 2.45) is 7.05 Å². The fourth-order valence-electron chi connectivity index (χ4n) is 0.941. The van der Waals surface area contributed by atoms with Gasteiger partial charge in [0.15, 0.2) is 5.82 Å². The van der Waals surface area contributed by atoms with Crippen LogP contribution in [0.2, 0.25) is 0 Å². The number of nitrogens with zero attached hydrogens (tertiary/aromatic N) is 4. The third-order valence-electron chi connectivity index (χ3n) is 1.46. The van der Waals surface area contributed by atoms with Crippen LogP contribution in [0.15, 0.2) is 30.7 Å². The Morgan fingerprint density at radius 2 is 2.00 bits per heavy atom. The van der Waals surface area contributed by atoms with E-state index in [0.717, 1.165) is 5.82 Å². The molecule has 0 aliphatic rings. The lowest BCUT2D eigenvalue weighted by Crippen LogP contribution is -1.88. The van der Waals surface area contributed by atoms with Crippen molar-refractivity contribution in [1.29, 1.82) is 0 Å². The molecule has 2 aromatic rings. The molecule has 0 fully saturated rings. The first kappa shape index (κ1) is 6.15. The Bertz CT molecular complexity index is 333. The van der Waals surface area contributed by atoms with Crippen LogP contribution < -0.4 is 0 Å². The molecular weight excluding hydrogens is 140 g/mol. The van der Waals surface area contributed by atoms with Crippen molar-refractivity contribution in [2.75, 3.05) is 0 Å². The highest BCUT2D eigenvalue weighted by Gasteiger charge is 1.96. The fraction of sp³-hybridized carbons (Fsp3) is 0.143. The van der Waals surface area contributed by atoms with Crippen LogP contribution in [0.3, 0.4) is 0 Å². The van der Waals surface area contributed by atoms with Crippen LogP contribution in [0.4, 0.5) is 0 Å². The van der Waals surface area contributed by atoms with Crippen LogP contribution in [-0.2, 0) is 7.05 Å². The molecule has 2 aromatic heterocycles. The zero-order chi connectivity index (χ0) is 7.68. The second kappa shape index (κ2) is 2.23. The molecule has 0 saturated heterocycles. The fourth-order valence-corrected chi connectivity index (χ4v) is 0.941. The van der Waals surface area contributed by atoms with Gasteiger partial charge in [0.1, 0.15) is 0 Å². The van der Waals surface area contributed by atoms with E-state index in [4.69, 9.17) is 0 Å². The minimum Gasteiger partial charge on any atom is -0.306 e. The van der Waals surface area contributed by atoms with E-state index < -0.39 is 0 Å². The largest absolute Gasteiger partial charge is 0.306 e. The normalized spacial score (nSPS) is 10.3. The Kier molecular flexibility index (Phi) is 1.25. The Balaban J connectivity index is 2.45. The molecule has 2 rings (SSSR count). The number of aryl methyl sites for hydroxylation is 1. The van der Waals surface area contributed by atoms with Crippen molar-refractivity contribution < 1.29 is 0 Å². The maximum Gasteiger partial charge on any atom is 0.179 e. The molecule has 0 amide bonds. The second-order valence-electron chi connectivity index (χ2n) is 2.34. The molecule has 0 spiro atoms. The summed E-state index contributed by atoms with van der Waals surface area (Å²) in [6.07, 6.45) is 5.73. The Hall–Kier alpha value is -1.58. The van der Waals surface area contributed by atoms with Crippen LogP contribution in [0.25, 0.3) is 5.82 Å². The lowest BCUT2D eigenvalue weighted by Gasteiger charge is -1.91. The smallest absolute Gasteiger partial charge is 0.179 e. The molecule has 0 aliphatic carbocycles. The molecule has 4 nitrogen and oxygen atoms in total. The maximum atomic E-state index is 3.93. The first-order chi connectivity index (χ1) is 5.36. The van der Waals surface area contributed by atoms with Crippen molar-refractivity contribution in [3.63, 3.8) is 0 Å². The highest BCUT2D eigenvalue weighted by atomic mass is 15.4. The van der Waals surface area contributed by atoms with Crippen LogP contribution in [0.5, 0.6) is 0 Å². The van der Waals surface area contributed by atoms with E-state index in [1.165, 1.54) is 0 Å². The number of hydrogen-bond acceptors (Lipinski definition) is 2. The van der Waals surface area contributed by atoms with Crippen molar-refractivity contribution >= 4 is 0 Å². The maximum absolute atomic E-state index is 3.93. The van der Waals surface area contributed by atoms with Crippen molar-refractivity contribution in [2.45, 2.75) is 0 Å². The molecule has 0 atom stereocenters. The van der Waals surface area contributed by atoms with E-state index >= 15 is 0 Å². The van der Waals surface area contributed by atoms with Gasteiger partial charge in [0.2, 0.25) is 0 Å². The number of hydrogen-bond donors (Lipinski definition) is 0. The third kappa shape index (κ3) is 1.02. The van der Waals surface area contributed by atoms with E-state index in [2.05, 4.69) is 10.3 Å². The molecule has 0 aromatic carbocycles. The molecule has 0 N–H and O–H groups in total. The summed E-state index contributed by atoms with van der Waals surface area (Å²) in [5, 5.41) is 7.75. The molecule has 11 heavy (non-hydrogen) atoms. The molecule has 0 bridgehead atoms. The van der Waals surface area contributed by atoms with Crippen molar-refractivity contribution in [1.82, 2.24) is 19.6 Å². The Morgan fingerprint density at radius 3 is 2.55 bits per heavy atom. The average molecular weight is 148 g/mol. The van der Waals surface area contributed by atoms with Gasteiger partial charge in [0, 0.05) is 19.4 Å². The summed E-state index contributed by atoms with van der Waals surface area (Å²) >= 11 is 0. The molecular formula is C7H8N4. The zero-order valence-electron chi connectivity index (χ0n) is 6.18. The topological polar surface area (TPSA) is 35.6 Å². The predicted molar refractivity (Wildman–Crippen MR) is 40.3 cm³/mol. The lowest BCUT2D eigenvalue weighted by atomic mass is 10.7. The summed E-state index contributed by atoms with van der Waals surface area (Å²) in [4.78, 5) is 0. The molecule has 0 saturated carbocycles. The summed E-state index contributed by atoms with van der Waals surface area (Å²) in [6.45, 7) is 0. The third-order valence-corrected chi connectivity index (χ3v) is 1.46. The van der Waals surface area contributed by atoms with Gasteiger partial charge in [0.05, 0.1) is 6.20 Å². The first-order valence-corrected chi connectivity index (χ1v) is 3.36. The van der Waals surface area contributed by atoms with E-state index in [9.17, 15) is 0 Å². The van der Waals surface area contributed by atoms with E-state index in [1.54, 1.807) is 4.68 Å². The van der Waals surface area contributed by atoms with Crippen LogP contribution in [-0.4, -0.2) is 19.6 Å². The number of aromatic nitrogens is 4. The van der Waals surface area contributed by atoms with Gasteiger partial charge in [-0.2, -0.15) is 0 Å². The van der Waals surface area contributed by atoms with Crippen LogP contribution in [0.1, 0.15) is 0 Å². The first-order valence-electron chi connectivity index (χ1n) is 3.36. The quantitative estimate of drug-likeness (QED) is 0.593. The van der Waals surface area contributed by atoms with Gasteiger partial charge in [-0.05, 0) is 12.1 Å². The van der Waals surface area contributed by atoms with Gasteiger partial charge >= 0.3 is 0 Å². The SMILES string of the molecule is Cn1cc(-n2cccc2)nn1. The second-order valence-corrected chi connectivity index (χ2v) is 2.34. The summed E-state index contributed by atoms with van der Waals surface area (Å²) in [5.41, 5.74) is 0. The highest BCUT2D eigenvalue weighted by molar-refractivity contribution is 5.17. The minimum atomic E-state index is 0.845.